The highest BCUT2D eigenvalue weighted by Crippen LogP contribution is 2.25. The van der Waals surface area contributed by atoms with Crippen LogP contribution >= 0.6 is 11.3 Å². The Morgan fingerprint density at radius 1 is 1.33 bits per heavy atom. The molecule has 18 heavy (non-hydrogen) atoms. The van der Waals surface area contributed by atoms with Crippen LogP contribution in [-0.2, 0) is 6.42 Å². The summed E-state index contributed by atoms with van der Waals surface area (Å²) in [6, 6.07) is 7.90. The molecule has 2 N–H and O–H groups in total. The van der Waals surface area contributed by atoms with Gasteiger partial charge in [-0.15, -0.1) is 0 Å². The highest BCUT2D eigenvalue weighted by Gasteiger charge is 2.11. The van der Waals surface area contributed by atoms with Crippen LogP contribution in [0.4, 0.5) is 11.4 Å². The van der Waals surface area contributed by atoms with Crippen molar-refractivity contribution >= 4 is 28.6 Å². The molecule has 0 saturated carbocycles. The Morgan fingerprint density at radius 3 is 3.11 bits per heavy atom. The summed E-state index contributed by atoms with van der Waals surface area (Å²) in [5, 5.41) is 10.0. The van der Waals surface area contributed by atoms with Gasteiger partial charge in [0.15, 0.2) is 0 Å². The van der Waals surface area contributed by atoms with Crippen molar-refractivity contribution in [1.82, 2.24) is 0 Å². The normalized spacial score (nSPS) is 13.6. The van der Waals surface area contributed by atoms with Gasteiger partial charge in [0.1, 0.15) is 0 Å². The lowest BCUT2D eigenvalue weighted by atomic mass is 10.0. The number of rotatable bonds is 2. The van der Waals surface area contributed by atoms with Crippen molar-refractivity contribution in [3.63, 3.8) is 0 Å². The second-order valence-electron chi connectivity index (χ2n) is 4.37. The molecule has 4 heteroatoms. The zero-order valence-corrected chi connectivity index (χ0v) is 10.7. The molecule has 0 spiro atoms. The standard InChI is InChI=1S/C14H14N2OS/c17-14(11-5-7-18-9-11)16-12-4-3-10-2-1-6-15-13(10)8-12/h3-5,7-9,15H,1-2,6H2,(H,16,17). The van der Waals surface area contributed by atoms with E-state index in [1.807, 2.05) is 29.0 Å². The van der Waals surface area contributed by atoms with E-state index >= 15 is 0 Å². The molecule has 0 aliphatic carbocycles. The van der Waals surface area contributed by atoms with Gasteiger partial charge < -0.3 is 10.6 Å². The van der Waals surface area contributed by atoms with Crippen molar-refractivity contribution < 1.29 is 4.79 Å². The minimum Gasteiger partial charge on any atom is -0.385 e. The van der Waals surface area contributed by atoms with Crippen molar-refractivity contribution in [3.8, 4) is 0 Å². The number of thiophene rings is 1. The van der Waals surface area contributed by atoms with Crippen LogP contribution in [0.1, 0.15) is 22.3 Å². The Labute approximate surface area is 110 Å². The Kier molecular flexibility index (Phi) is 3.02. The van der Waals surface area contributed by atoms with Gasteiger partial charge in [0.25, 0.3) is 5.91 Å². The molecule has 3 rings (SSSR count). The first kappa shape index (κ1) is 11.3. The summed E-state index contributed by atoms with van der Waals surface area (Å²) in [6.07, 6.45) is 2.29. The van der Waals surface area contributed by atoms with Crippen LogP contribution in [0.15, 0.2) is 35.0 Å². The third-order valence-electron chi connectivity index (χ3n) is 3.09. The van der Waals surface area contributed by atoms with Crippen LogP contribution in [0, 0.1) is 0 Å². The van der Waals surface area contributed by atoms with E-state index < -0.39 is 0 Å². The van der Waals surface area contributed by atoms with Gasteiger partial charge in [0, 0.05) is 23.3 Å². The highest BCUT2D eigenvalue weighted by atomic mass is 32.1. The first-order chi connectivity index (χ1) is 8.83. The molecule has 0 fully saturated rings. The Hall–Kier alpha value is -1.81. The van der Waals surface area contributed by atoms with Crippen LogP contribution in [0.5, 0.6) is 0 Å². The smallest absolute Gasteiger partial charge is 0.256 e. The summed E-state index contributed by atoms with van der Waals surface area (Å²) in [6.45, 7) is 1.01. The number of hydrogen-bond acceptors (Lipinski definition) is 3. The van der Waals surface area contributed by atoms with Gasteiger partial charge in [-0.2, -0.15) is 11.3 Å². The van der Waals surface area contributed by atoms with Crippen LogP contribution in [0.3, 0.4) is 0 Å². The van der Waals surface area contributed by atoms with Gasteiger partial charge in [-0.25, -0.2) is 0 Å². The number of benzene rings is 1. The Bertz CT molecular complexity index is 563. The molecule has 1 aromatic heterocycles. The summed E-state index contributed by atoms with van der Waals surface area (Å²) < 4.78 is 0. The number of aryl methyl sites for hydroxylation is 1. The second kappa shape index (κ2) is 4.82. The predicted molar refractivity (Wildman–Crippen MR) is 75.5 cm³/mol. The maximum Gasteiger partial charge on any atom is 0.256 e. The van der Waals surface area contributed by atoms with Crippen molar-refractivity contribution in [1.29, 1.82) is 0 Å². The van der Waals surface area contributed by atoms with Gasteiger partial charge in [-0.3, -0.25) is 4.79 Å². The monoisotopic (exact) mass is 258 g/mol. The molecular weight excluding hydrogens is 244 g/mol. The maximum absolute atomic E-state index is 11.9. The minimum absolute atomic E-state index is 0.0491. The van der Waals surface area contributed by atoms with Gasteiger partial charge >= 0.3 is 0 Å². The second-order valence-corrected chi connectivity index (χ2v) is 5.15. The number of carbonyl (C=O) groups is 1. The van der Waals surface area contributed by atoms with E-state index in [0.29, 0.717) is 5.56 Å². The van der Waals surface area contributed by atoms with Gasteiger partial charge in [0.2, 0.25) is 0 Å². The van der Waals surface area contributed by atoms with E-state index in [1.54, 1.807) is 0 Å². The maximum atomic E-state index is 11.9. The van der Waals surface area contributed by atoms with Crippen molar-refractivity contribution in [2.45, 2.75) is 12.8 Å². The first-order valence-corrected chi connectivity index (χ1v) is 6.97. The van der Waals surface area contributed by atoms with E-state index in [4.69, 9.17) is 0 Å². The van der Waals surface area contributed by atoms with E-state index in [1.165, 1.54) is 23.3 Å². The summed E-state index contributed by atoms with van der Waals surface area (Å²) in [4.78, 5) is 11.9. The van der Waals surface area contributed by atoms with E-state index in [2.05, 4.69) is 16.7 Å². The zero-order valence-electron chi connectivity index (χ0n) is 9.90. The summed E-state index contributed by atoms with van der Waals surface area (Å²) >= 11 is 1.53. The molecule has 2 heterocycles. The number of anilines is 2. The molecule has 0 bridgehead atoms. The molecule has 0 unspecified atom stereocenters. The van der Waals surface area contributed by atoms with Crippen LogP contribution in [0.25, 0.3) is 0 Å². The van der Waals surface area contributed by atoms with Gasteiger partial charge in [-0.1, -0.05) is 6.07 Å². The number of amides is 1. The van der Waals surface area contributed by atoms with Crippen molar-refractivity contribution in [2.75, 3.05) is 17.2 Å². The van der Waals surface area contributed by atoms with E-state index in [9.17, 15) is 4.79 Å². The molecule has 0 saturated heterocycles. The lowest BCUT2D eigenvalue weighted by Crippen LogP contribution is -2.14. The number of hydrogen-bond donors (Lipinski definition) is 2. The van der Waals surface area contributed by atoms with E-state index in [-0.39, 0.29) is 5.91 Å². The molecule has 0 atom stereocenters. The SMILES string of the molecule is O=C(Nc1ccc2c(c1)NCCC2)c1ccsc1. The summed E-state index contributed by atoms with van der Waals surface area (Å²) in [5.41, 5.74) is 4.03. The molecule has 0 radical (unpaired) electrons. The lowest BCUT2D eigenvalue weighted by molar-refractivity contribution is 0.102. The Morgan fingerprint density at radius 2 is 2.28 bits per heavy atom. The fraction of sp³-hybridized carbons (Fsp3) is 0.214. The molecule has 2 aromatic rings. The van der Waals surface area contributed by atoms with Crippen molar-refractivity contribution in [2.24, 2.45) is 0 Å². The van der Waals surface area contributed by atoms with Gasteiger partial charge in [0.05, 0.1) is 5.56 Å². The molecular formula is C14H14N2OS. The molecule has 3 nitrogen and oxygen atoms in total. The summed E-state index contributed by atoms with van der Waals surface area (Å²) in [7, 11) is 0. The van der Waals surface area contributed by atoms with Crippen LogP contribution in [-0.4, -0.2) is 12.5 Å². The fourth-order valence-corrected chi connectivity index (χ4v) is 2.77. The average molecular weight is 258 g/mol. The lowest BCUT2D eigenvalue weighted by Gasteiger charge is -2.18. The largest absolute Gasteiger partial charge is 0.385 e. The number of fused-ring (bicyclic) bond motifs is 1. The fourth-order valence-electron chi connectivity index (χ4n) is 2.14. The van der Waals surface area contributed by atoms with Crippen LogP contribution in [0.2, 0.25) is 0 Å². The third kappa shape index (κ3) is 2.24. The summed E-state index contributed by atoms with van der Waals surface area (Å²) in [5.74, 6) is -0.0491. The molecule has 1 amide bonds. The van der Waals surface area contributed by atoms with Crippen molar-refractivity contribution in [3.05, 3.63) is 46.2 Å². The van der Waals surface area contributed by atoms with Crippen LogP contribution < -0.4 is 10.6 Å². The number of nitrogens with one attached hydrogen (secondary N) is 2. The average Bonchev–Trinajstić information content (AvgIpc) is 2.92. The predicted octanol–water partition coefficient (Wildman–Crippen LogP) is 3.36. The molecule has 1 aliphatic rings. The Balaban J connectivity index is 1.79. The molecule has 1 aliphatic heterocycles. The zero-order chi connectivity index (χ0) is 12.4. The quantitative estimate of drug-likeness (QED) is 0.867. The van der Waals surface area contributed by atoms with E-state index in [0.717, 1.165) is 24.3 Å². The first-order valence-electron chi connectivity index (χ1n) is 6.03. The minimum atomic E-state index is -0.0491. The number of carbonyl (C=O) groups excluding carboxylic acids is 1. The molecule has 92 valence electrons. The molecule has 1 aromatic carbocycles. The highest BCUT2D eigenvalue weighted by molar-refractivity contribution is 7.08. The topological polar surface area (TPSA) is 41.1 Å². The van der Waals surface area contributed by atoms with Gasteiger partial charge in [-0.05, 0) is 42.0 Å². The third-order valence-corrected chi connectivity index (χ3v) is 3.77.